The first kappa shape index (κ1) is 21.4. The van der Waals surface area contributed by atoms with Crippen LogP contribution in [0, 0.1) is 5.92 Å². The molecule has 3 nitrogen and oxygen atoms in total. The molecule has 0 N–H and O–H groups in total. The topological polar surface area (TPSA) is 21.7 Å². The van der Waals surface area contributed by atoms with Crippen LogP contribution in [0.1, 0.15) is 74.1 Å². The van der Waals surface area contributed by atoms with Crippen LogP contribution in [0.4, 0.5) is 0 Å². The van der Waals surface area contributed by atoms with Crippen LogP contribution in [-0.4, -0.2) is 51.7 Å². The first-order valence-electron chi connectivity index (χ1n) is 10.8. The average molecular weight is 370 g/mol. The van der Waals surface area contributed by atoms with Gasteiger partial charge in [-0.05, 0) is 41.8 Å². The Morgan fingerprint density at radius 1 is 1.04 bits per heavy atom. The van der Waals surface area contributed by atoms with Gasteiger partial charge in [0.15, 0.2) is 8.32 Å². The molecule has 4 heteroatoms. The van der Waals surface area contributed by atoms with E-state index in [1.54, 1.807) is 0 Å². The SMILES string of the molecule is CCC[C@]1(N2CCOCC2)CC1CCO[Si](C(C)C)(C(C)C)C(C)C. The van der Waals surface area contributed by atoms with Crippen molar-refractivity contribution >= 4 is 8.32 Å². The third kappa shape index (κ3) is 4.34. The van der Waals surface area contributed by atoms with Crippen LogP contribution in [0.2, 0.25) is 16.6 Å². The molecule has 0 aromatic rings. The minimum absolute atomic E-state index is 0.472. The highest BCUT2D eigenvalue weighted by atomic mass is 28.4. The highest BCUT2D eigenvalue weighted by molar-refractivity contribution is 6.77. The number of hydrogen-bond acceptors (Lipinski definition) is 3. The van der Waals surface area contributed by atoms with E-state index in [0.717, 1.165) is 38.8 Å². The fourth-order valence-electron chi connectivity index (χ4n) is 5.91. The van der Waals surface area contributed by atoms with E-state index in [-0.39, 0.29) is 0 Å². The molecule has 0 spiro atoms. The zero-order chi connectivity index (χ0) is 18.7. The third-order valence-electron chi connectivity index (χ3n) is 7.05. The van der Waals surface area contributed by atoms with Crippen LogP contribution in [0.3, 0.4) is 0 Å². The predicted octanol–water partition coefficient (Wildman–Crippen LogP) is 5.46. The molecule has 148 valence electrons. The summed E-state index contributed by atoms with van der Waals surface area (Å²) in [6.45, 7) is 21.7. The van der Waals surface area contributed by atoms with Gasteiger partial charge in [0.2, 0.25) is 0 Å². The van der Waals surface area contributed by atoms with Gasteiger partial charge in [0, 0.05) is 25.2 Å². The predicted molar refractivity (Wildman–Crippen MR) is 110 cm³/mol. The summed E-state index contributed by atoms with van der Waals surface area (Å²) in [5.41, 5.74) is 2.53. The molecule has 2 aliphatic rings. The quantitative estimate of drug-likeness (QED) is 0.477. The lowest BCUT2D eigenvalue weighted by Crippen LogP contribution is -2.48. The molecule has 25 heavy (non-hydrogen) atoms. The summed E-state index contributed by atoms with van der Waals surface area (Å²) in [5.74, 6) is 0.837. The van der Waals surface area contributed by atoms with Gasteiger partial charge in [-0.2, -0.15) is 0 Å². The minimum Gasteiger partial charge on any atom is -0.416 e. The van der Waals surface area contributed by atoms with Crippen molar-refractivity contribution < 1.29 is 9.16 Å². The Morgan fingerprint density at radius 3 is 2.08 bits per heavy atom. The molecule has 0 bridgehead atoms. The summed E-state index contributed by atoms with van der Waals surface area (Å²) in [7, 11) is -1.70. The van der Waals surface area contributed by atoms with Gasteiger partial charge in [-0.1, -0.05) is 54.9 Å². The molecule has 1 unspecified atom stereocenters. The molecule has 2 fully saturated rings. The molecule has 0 amide bonds. The summed E-state index contributed by atoms with van der Waals surface area (Å²) >= 11 is 0. The lowest BCUT2D eigenvalue weighted by atomic mass is 10.0. The van der Waals surface area contributed by atoms with Gasteiger partial charge >= 0.3 is 0 Å². The Bertz CT molecular complexity index is 385. The molecule has 1 heterocycles. The second-order valence-corrected chi connectivity index (χ2v) is 14.8. The van der Waals surface area contributed by atoms with Crippen molar-refractivity contribution in [1.82, 2.24) is 4.90 Å². The summed E-state index contributed by atoms with van der Waals surface area (Å²) in [6, 6.07) is 0. The second kappa shape index (κ2) is 8.86. The molecule has 0 radical (unpaired) electrons. The van der Waals surface area contributed by atoms with Crippen LogP contribution in [-0.2, 0) is 9.16 Å². The van der Waals surface area contributed by atoms with E-state index < -0.39 is 8.32 Å². The first-order chi connectivity index (χ1) is 11.8. The first-order valence-corrected chi connectivity index (χ1v) is 12.9. The zero-order valence-electron chi connectivity index (χ0n) is 17.9. The van der Waals surface area contributed by atoms with Gasteiger partial charge < -0.3 is 9.16 Å². The van der Waals surface area contributed by atoms with Gasteiger partial charge in [0.25, 0.3) is 0 Å². The summed E-state index contributed by atoms with van der Waals surface area (Å²) in [4.78, 5) is 2.74. The van der Waals surface area contributed by atoms with Crippen LogP contribution < -0.4 is 0 Å². The van der Waals surface area contributed by atoms with Crippen LogP contribution in [0.15, 0.2) is 0 Å². The molecule has 2 atom stereocenters. The van der Waals surface area contributed by atoms with Crippen molar-refractivity contribution in [2.24, 2.45) is 5.92 Å². The molecule has 2 rings (SSSR count). The fraction of sp³-hybridized carbons (Fsp3) is 1.00. The maximum Gasteiger partial charge on any atom is 0.200 e. The van der Waals surface area contributed by atoms with Crippen LogP contribution in [0.25, 0.3) is 0 Å². The van der Waals surface area contributed by atoms with E-state index in [1.165, 1.54) is 25.7 Å². The summed E-state index contributed by atoms with van der Waals surface area (Å²) in [5, 5.41) is 0. The van der Waals surface area contributed by atoms with Crippen molar-refractivity contribution in [1.29, 1.82) is 0 Å². The smallest absolute Gasteiger partial charge is 0.200 e. The summed E-state index contributed by atoms with van der Waals surface area (Å²) < 4.78 is 12.4. The number of hydrogen-bond donors (Lipinski definition) is 0. The standard InChI is InChI=1S/C21H43NO2Si/c1-8-10-21(22-11-14-23-15-12-22)16-20(21)9-13-24-25(17(2)3,18(4)5)19(6)7/h17-20H,8-16H2,1-7H3/t20?,21-/m0/s1. The second-order valence-electron chi connectivity index (χ2n) is 9.31. The van der Waals surface area contributed by atoms with Crippen molar-refractivity contribution in [3.8, 4) is 0 Å². The summed E-state index contributed by atoms with van der Waals surface area (Å²) in [6.07, 6.45) is 5.26. The van der Waals surface area contributed by atoms with Gasteiger partial charge in [-0.3, -0.25) is 4.90 Å². The van der Waals surface area contributed by atoms with E-state index in [2.05, 4.69) is 53.4 Å². The molecule has 1 saturated heterocycles. The van der Waals surface area contributed by atoms with Crippen molar-refractivity contribution in [3.63, 3.8) is 0 Å². The normalized spacial score (nSPS) is 28.3. The molecular formula is C21H43NO2Si. The van der Waals surface area contributed by atoms with E-state index >= 15 is 0 Å². The Hall–Kier alpha value is 0.0969. The molecule has 1 aliphatic heterocycles. The van der Waals surface area contributed by atoms with Crippen molar-refractivity contribution in [2.45, 2.75) is 96.3 Å². The van der Waals surface area contributed by atoms with E-state index in [9.17, 15) is 0 Å². The van der Waals surface area contributed by atoms with E-state index in [1.807, 2.05) is 0 Å². The maximum absolute atomic E-state index is 6.82. The van der Waals surface area contributed by atoms with E-state index in [0.29, 0.717) is 22.2 Å². The Morgan fingerprint density at radius 2 is 1.60 bits per heavy atom. The molecule has 0 aromatic heterocycles. The highest BCUT2D eigenvalue weighted by Gasteiger charge is 2.56. The largest absolute Gasteiger partial charge is 0.416 e. The van der Waals surface area contributed by atoms with Crippen LogP contribution >= 0.6 is 0 Å². The van der Waals surface area contributed by atoms with Crippen molar-refractivity contribution in [3.05, 3.63) is 0 Å². The Labute approximate surface area is 158 Å². The van der Waals surface area contributed by atoms with Gasteiger partial charge in [0.1, 0.15) is 0 Å². The van der Waals surface area contributed by atoms with E-state index in [4.69, 9.17) is 9.16 Å². The van der Waals surface area contributed by atoms with Gasteiger partial charge in [-0.15, -0.1) is 0 Å². The van der Waals surface area contributed by atoms with Gasteiger partial charge in [0.05, 0.1) is 13.2 Å². The number of ether oxygens (including phenoxy) is 1. The monoisotopic (exact) mass is 369 g/mol. The third-order valence-corrected chi connectivity index (χ3v) is 13.2. The molecule has 1 aliphatic carbocycles. The highest BCUT2D eigenvalue weighted by Crippen LogP contribution is 2.54. The number of rotatable bonds is 10. The molecule has 0 aromatic carbocycles. The Balaban J connectivity index is 1.94. The fourth-order valence-corrected chi connectivity index (χ4v) is 11.4. The lowest BCUT2D eigenvalue weighted by Gasteiger charge is -2.42. The minimum atomic E-state index is -1.70. The maximum atomic E-state index is 6.82. The zero-order valence-corrected chi connectivity index (χ0v) is 18.9. The van der Waals surface area contributed by atoms with Crippen molar-refractivity contribution in [2.75, 3.05) is 32.9 Å². The lowest BCUT2D eigenvalue weighted by molar-refractivity contribution is 0.00179. The van der Waals surface area contributed by atoms with Crippen LogP contribution in [0.5, 0.6) is 0 Å². The molecule has 1 saturated carbocycles. The average Bonchev–Trinajstić information content (AvgIpc) is 3.26. The molecular weight excluding hydrogens is 326 g/mol. The number of morpholine rings is 1. The number of nitrogens with zero attached hydrogens (tertiary/aromatic N) is 1. The Kier molecular flexibility index (Phi) is 7.58. The van der Waals surface area contributed by atoms with Gasteiger partial charge in [-0.25, -0.2) is 0 Å².